The standard InChI is InChI=1S/C6HF11/c7-1(2(8)6(15,16)17)4(11,12)5(13,14)3(9)10/h3H. The maximum Gasteiger partial charge on any atom is 0.445 e. The third-order valence-corrected chi connectivity index (χ3v) is 1.41. The molecule has 17 heavy (non-hydrogen) atoms. The number of halogens is 11. The van der Waals surface area contributed by atoms with E-state index in [1.165, 1.54) is 0 Å². The van der Waals surface area contributed by atoms with Crippen molar-refractivity contribution < 1.29 is 48.3 Å². The topological polar surface area (TPSA) is 0 Å². The third-order valence-electron chi connectivity index (χ3n) is 1.41. The van der Waals surface area contributed by atoms with Gasteiger partial charge in [-0.1, -0.05) is 0 Å². The molecule has 0 saturated heterocycles. The number of allylic oxidation sites excluding steroid dienone is 2. The summed E-state index contributed by atoms with van der Waals surface area (Å²) in [6.07, 6.45) is -11.5. The zero-order valence-electron chi connectivity index (χ0n) is 7.23. The quantitative estimate of drug-likeness (QED) is 0.679. The Morgan fingerprint density at radius 1 is 0.706 bits per heavy atom. The molecule has 0 aliphatic rings. The molecular formula is C6HF11. The minimum Gasteiger partial charge on any atom is -0.203 e. The summed E-state index contributed by atoms with van der Waals surface area (Å²) in [5, 5.41) is 0. The van der Waals surface area contributed by atoms with Gasteiger partial charge in [0.25, 0.3) is 0 Å². The van der Waals surface area contributed by atoms with Gasteiger partial charge in [-0.3, -0.25) is 0 Å². The van der Waals surface area contributed by atoms with Gasteiger partial charge < -0.3 is 0 Å². The molecule has 0 nitrogen and oxygen atoms in total. The Morgan fingerprint density at radius 3 is 1.29 bits per heavy atom. The molecule has 0 aromatic rings. The SMILES string of the molecule is FC(=C(F)C(F)(F)C(F)(F)C(F)F)C(F)(F)F. The summed E-state index contributed by atoms with van der Waals surface area (Å²) in [4.78, 5) is 0. The predicted molar refractivity (Wildman–Crippen MR) is 31.2 cm³/mol. The summed E-state index contributed by atoms with van der Waals surface area (Å²) in [6, 6.07) is 0. The van der Waals surface area contributed by atoms with Gasteiger partial charge in [-0.05, 0) is 0 Å². The predicted octanol–water partition coefficient (Wildman–Crippen LogP) is 4.24. The molecule has 0 aliphatic heterocycles. The van der Waals surface area contributed by atoms with Crippen LogP contribution in [-0.2, 0) is 0 Å². The van der Waals surface area contributed by atoms with Crippen molar-refractivity contribution in [3.05, 3.63) is 11.7 Å². The number of alkyl halides is 9. The number of hydrogen-bond donors (Lipinski definition) is 0. The van der Waals surface area contributed by atoms with Crippen LogP contribution in [0.15, 0.2) is 11.7 Å². The fraction of sp³-hybridized carbons (Fsp3) is 0.667. The smallest absolute Gasteiger partial charge is 0.203 e. The van der Waals surface area contributed by atoms with Crippen LogP contribution in [0.3, 0.4) is 0 Å². The van der Waals surface area contributed by atoms with Crippen LogP contribution in [0.4, 0.5) is 48.3 Å². The van der Waals surface area contributed by atoms with Crippen molar-refractivity contribution in [3.63, 3.8) is 0 Å². The average molecular weight is 282 g/mol. The van der Waals surface area contributed by atoms with Gasteiger partial charge in [-0.25, -0.2) is 13.2 Å². The van der Waals surface area contributed by atoms with E-state index >= 15 is 0 Å². The molecule has 0 rings (SSSR count). The van der Waals surface area contributed by atoms with Gasteiger partial charge in [-0.2, -0.15) is 35.1 Å². The highest BCUT2D eigenvalue weighted by Gasteiger charge is 2.68. The fourth-order valence-electron chi connectivity index (χ4n) is 0.546. The molecule has 0 bridgehead atoms. The minimum atomic E-state index is -6.61. The molecule has 0 amide bonds. The zero-order chi connectivity index (χ0) is 14.2. The van der Waals surface area contributed by atoms with Crippen molar-refractivity contribution >= 4 is 0 Å². The van der Waals surface area contributed by atoms with Gasteiger partial charge in [-0.15, -0.1) is 0 Å². The number of rotatable bonds is 3. The first-order chi connectivity index (χ1) is 7.26. The first kappa shape index (κ1) is 16.0. The van der Waals surface area contributed by atoms with Crippen molar-refractivity contribution in [2.45, 2.75) is 24.4 Å². The Kier molecular flexibility index (Phi) is 4.07. The summed E-state index contributed by atoms with van der Waals surface area (Å²) in [6.45, 7) is 0. The average Bonchev–Trinajstić information content (AvgIpc) is 2.13. The summed E-state index contributed by atoms with van der Waals surface area (Å²) >= 11 is 0. The highest BCUT2D eigenvalue weighted by Crippen LogP contribution is 2.47. The molecule has 102 valence electrons. The zero-order valence-corrected chi connectivity index (χ0v) is 7.23. The normalized spacial score (nSPS) is 16.2. The first-order valence-electron chi connectivity index (χ1n) is 3.43. The molecule has 0 aromatic heterocycles. The van der Waals surface area contributed by atoms with E-state index in [0.717, 1.165) is 0 Å². The van der Waals surface area contributed by atoms with E-state index in [1.54, 1.807) is 0 Å². The summed E-state index contributed by atoms with van der Waals surface area (Å²) < 4.78 is 129. The molecule has 0 N–H and O–H groups in total. The summed E-state index contributed by atoms with van der Waals surface area (Å²) in [5.41, 5.74) is 0. The Hall–Kier alpha value is -1.03. The second-order valence-corrected chi connectivity index (χ2v) is 2.62. The molecule has 0 radical (unpaired) electrons. The van der Waals surface area contributed by atoms with Crippen molar-refractivity contribution in [2.75, 3.05) is 0 Å². The molecule has 0 aromatic carbocycles. The van der Waals surface area contributed by atoms with Gasteiger partial charge >= 0.3 is 24.4 Å². The van der Waals surface area contributed by atoms with Gasteiger partial charge in [0.15, 0.2) is 0 Å². The van der Waals surface area contributed by atoms with Crippen molar-refractivity contribution in [1.29, 1.82) is 0 Å². The molecular weight excluding hydrogens is 281 g/mol. The van der Waals surface area contributed by atoms with Crippen LogP contribution < -0.4 is 0 Å². The van der Waals surface area contributed by atoms with Gasteiger partial charge in [0.2, 0.25) is 11.7 Å². The third kappa shape index (κ3) is 2.80. The van der Waals surface area contributed by atoms with E-state index in [9.17, 15) is 48.3 Å². The maximum absolute atomic E-state index is 12.2. The van der Waals surface area contributed by atoms with Gasteiger partial charge in [0, 0.05) is 0 Å². The summed E-state index contributed by atoms with van der Waals surface area (Å²) in [5.74, 6) is -21.6. The molecule has 0 aliphatic carbocycles. The second kappa shape index (κ2) is 4.33. The van der Waals surface area contributed by atoms with Crippen molar-refractivity contribution in [3.8, 4) is 0 Å². The fourth-order valence-corrected chi connectivity index (χ4v) is 0.546. The van der Waals surface area contributed by atoms with E-state index in [-0.39, 0.29) is 0 Å². The molecule has 11 heteroatoms. The lowest BCUT2D eigenvalue weighted by molar-refractivity contribution is -0.255. The Labute approximate surface area is 85.7 Å². The Morgan fingerprint density at radius 2 is 1.06 bits per heavy atom. The number of hydrogen-bond acceptors (Lipinski definition) is 0. The Balaban J connectivity index is 5.64. The van der Waals surface area contributed by atoms with Gasteiger partial charge in [0.05, 0.1) is 0 Å². The molecule has 0 fully saturated rings. The van der Waals surface area contributed by atoms with E-state index in [2.05, 4.69) is 0 Å². The van der Waals surface area contributed by atoms with Gasteiger partial charge in [0.1, 0.15) is 0 Å². The van der Waals surface area contributed by atoms with Crippen LogP contribution in [0.2, 0.25) is 0 Å². The van der Waals surface area contributed by atoms with Crippen LogP contribution in [0.1, 0.15) is 0 Å². The van der Waals surface area contributed by atoms with E-state index < -0.39 is 36.1 Å². The van der Waals surface area contributed by atoms with Crippen molar-refractivity contribution in [1.82, 2.24) is 0 Å². The lowest BCUT2D eigenvalue weighted by atomic mass is 10.1. The Bertz CT molecular complexity index is 308. The van der Waals surface area contributed by atoms with Crippen molar-refractivity contribution in [2.24, 2.45) is 0 Å². The highest BCUT2D eigenvalue weighted by molar-refractivity contribution is 5.18. The monoisotopic (exact) mass is 282 g/mol. The van der Waals surface area contributed by atoms with Crippen LogP contribution in [0, 0.1) is 0 Å². The molecule has 0 heterocycles. The van der Waals surface area contributed by atoms with E-state index in [0.29, 0.717) is 0 Å². The molecule has 0 unspecified atom stereocenters. The molecule has 0 spiro atoms. The van der Waals surface area contributed by atoms with Crippen LogP contribution in [0.5, 0.6) is 0 Å². The largest absolute Gasteiger partial charge is 0.445 e. The lowest BCUT2D eigenvalue weighted by Crippen LogP contribution is -2.47. The first-order valence-corrected chi connectivity index (χ1v) is 3.43. The van der Waals surface area contributed by atoms with E-state index in [1.807, 2.05) is 0 Å². The summed E-state index contributed by atoms with van der Waals surface area (Å²) in [7, 11) is 0. The lowest BCUT2D eigenvalue weighted by Gasteiger charge is -2.24. The van der Waals surface area contributed by atoms with Crippen LogP contribution >= 0.6 is 0 Å². The van der Waals surface area contributed by atoms with Crippen LogP contribution in [-0.4, -0.2) is 24.4 Å². The van der Waals surface area contributed by atoms with Crippen LogP contribution in [0.25, 0.3) is 0 Å². The maximum atomic E-state index is 12.2. The highest BCUT2D eigenvalue weighted by atomic mass is 19.4. The van der Waals surface area contributed by atoms with E-state index in [4.69, 9.17) is 0 Å². The molecule has 0 saturated carbocycles. The second-order valence-electron chi connectivity index (χ2n) is 2.62. The molecule has 0 atom stereocenters. The minimum absolute atomic E-state index is 4.19.